The Morgan fingerprint density at radius 2 is 2.06 bits per heavy atom. The van der Waals surface area contributed by atoms with Crippen LogP contribution in [0, 0.1) is 12.7 Å². The van der Waals surface area contributed by atoms with Crippen LogP contribution >= 0.6 is 11.6 Å². The van der Waals surface area contributed by atoms with E-state index in [-0.39, 0.29) is 18.0 Å². The minimum atomic E-state index is -2.65. The molecule has 0 aliphatic rings. The Hall–Kier alpha value is -1.23. The summed E-state index contributed by atoms with van der Waals surface area (Å²) in [6, 6.07) is 3.75. The van der Waals surface area contributed by atoms with E-state index >= 15 is 0 Å². The van der Waals surface area contributed by atoms with Crippen molar-refractivity contribution in [1.82, 2.24) is 4.90 Å². The van der Waals surface area contributed by atoms with E-state index in [1.54, 1.807) is 6.92 Å². The number of halogens is 4. The Labute approximate surface area is 108 Å². The number of alkyl halides is 3. The van der Waals surface area contributed by atoms with Crippen LogP contribution in [0.15, 0.2) is 18.2 Å². The smallest absolute Gasteiger partial charge is 0.255 e. The monoisotopic (exact) mass is 279 g/mol. The van der Waals surface area contributed by atoms with Crippen molar-refractivity contribution in [2.75, 3.05) is 19.0 Å². The maximum absolute atomic E-state index is 13.2. The van der Waals surface area contributed by atoms with Gasteiger partial charge in [0, 0.05) is 18.0 Å². The van der Waals surface area contributed by atoms with Crippen LogP contribution in [0.5, 0.6) is 0 Å². The molecule has 0 unspecified atom stereocenters. The Morgan fingerprint density at radius 1 is 1.39 bits per heavy atom. The van der Waals surface area contributed by atoms with Gasteiger partial charge in [0.15, 0.2) is 0 Å². The predicted octanol–water partition coefficient (Wildman–Crippen LogP) is 3.08. The first-order valence-corrected chi connectivity index (χ1v) is 5.88. The molecular weight excluding hydrogens is 267 g/mol. The molecule has 0 saturated heterocycles. The summed E-state index contributed by atoms with van der Waals surface area (Å²) in [5, 5.41) is 0. The molecule has 0 heterocycles. The number of hydrogen-bond donors (Lipinski definition) is 0. The molecule has 100 valence electrons. The lowest BCUT2D eigenvalue weighted by atomic mass is 10.1. The lowest BCUT2D eigenvalue weighted by Crippen LogP contribution is -2.36. The molecule has 0 aliphatic carbocycles. The largest absolute Gasteiger partial charge is 0.332 e. The van der Waals surface area contributed by atoms with Crippen molar-refractivity contribution < 1.29 is 18.0 Å². The Morgan fingerprint density at radius 3 is 2.56 bits per heavy atom. The van der Waals surface area contributed by atoms with Gasteiger partial charge in [-0.05, 0) is 30.7 Å². The highest BCUT2D eigenvalue weighted by molar-refractivity contribution is 6.18. The highest BCUT2D eigenvalue weighted by atomic mass is 35.5. The number of rotatable bonds is 5. The molecule has 0 atom stereocenters. The average molecular weight is 280 g/mol. The Kier molecular flexibility index (Phi) is 5.47. The van der Waals surface area contributed by atoms with E-state index in [0.717, 1.165) is 11.0 Å². The number of carbonyl (C=O) groups excluding carboxylic acids is 1. The first-order chi connectivity index (χ1) is 8.43. The Bertz CT molecular complexity index is 406. The minimum Gasteiger partial charge on any atom is -0.332 e. The van der Waals surface area contributed by atoms with Crippen molar-refractivity contribution in [2.24, 2.45) is 0 Å². The van der Waals surface area contributed by atoms with Crippen molar-refractivity contribution in [2.45, 2.75) is 13.3 Å². The fourth-order valence-electron chi connectivity index (χ4n) is 1.59. The van der Waals surface area contributed by atoms with Gasteiger partial charge in [-0.25, -0.2) is 13.2 Å². The molecule has 1 aromatic carbocycles. The summed E-state index contributed by atoms with van der Waals surface area (Å²) in [7, 11) is 0. The van der Waals surface area contributed by atoms with Crippen LogP contribution in [-0.4, -0.2) is 36.2 Å². The standard InChI is InChI=1S/C12H13ClF3NO/c1-8-4-9(6-10(14)5-8)12(18)17(3-2-13)7-11(15)16/h4-6,11H,2-3,7H2,1H3. The van der Waals surface area contributed by atoms with Gasteiger partial charge in [-0.2, -0.15) is 0 Å². The van der Waals surface area contributed by atoms with Gasteiger partial charge in [0.25, 0.3) is 12.3 Å². The molecule has 6 heteroatoms. The van der Waals surface area contributed by atoms with Crippen molar-refractivity contribution in [1.29, 1.82) is 0 Å². The number of aryl methyl sites for hydroxylation is 1. The predicted molar refractivity (Wildman–Crippen MR) is 63.8 cm³/mol. The minimum absolute atomic E-state index is 0.000288. The van der Waals surface area contributed by atoms with Crippen LogP contribution < -0.4 is 0 Å². The van der Waals surface area contributed by atoms with E-state index in [1.807, 2.05) is 0 Å². The lowest BCUT2D eigenvalue weighted by molar-refractivity contribution is 0.0570. The maximum atomic E-state index is 13.2. The van der Waals surface area contributed by atoms with E-state index in [4.69, 9.17) is 11.6 Å². The van der Waals surface area contributed by atoms with Gasteiger partial charge in [-0.15, -0.1) is 11.6 Å². The summed E-state index contributed by atoms with van der Waals surface area (Å²) in [6.45, 7) is 0.917. The van der Waals surface area contributed by atoms with Crippen molar-refractivity contribution in [3.63, 3.8) is 0 Å². The SMILES string of the molecule is Cc1cc(F)cc(C(=O)N(CCCl)CC(F)F)c1. The molecule has 0 spiro atoms. The first kappa shape index (κ1) is 14.8. The summed E-state index contributed by atoms with van der Waals surface area (Å²) in [4.78, 5) is 12.9. The molecular formula is C12H13ClF3NO. The molecule has 18 heavy (non-hydrogen) atoms. The first-order valence-electron chi connectivity index (χ1n) is 5.34. The molecule has 1 amide bonds. The van der Waals surface area contributed by atoms with Gasteiger partial charge in [-0.1, -0.05) is 0 Å². The fraction of sp³-hybridized carbons (Fsp3) is 0.417. The Balaban J connectivity index is 2.93. The molecule has 0 N–H and O–H groups in total. The third kappa shape index (κ3) is 4.22. The molecule has 0 fully saturated rings. The van der Waals surface area contributed by atoms with E-state index in [9.17, 15) is 18.0 Å². The number of carbonyl (C=O) groups is 1. The van der Waals surface area contributed by atoms with E-state index in [0.29, 0.717) is 5.56 Å². The summed E-state index contributed by atoms with van der Waals surface area (Å²) in [5.74, 6) is -1.16. The number of amides is 1. The van der Waals surface area contributed by atoms with Crippen molar-refractivity contribution in [3.05, 3.63) is 35.1 Å². The fourth-order valence-corrected chi connectivity index (χ4v) is 1.79. The molecule has 0 aromatic heterocycles. The lowest BCUT2D eigenvalue weighted by Gasteiger charge is -2.21. The summed E-state index contributed by atoms with van der Waals surface area (Å²) >= 11 is 5.46. The average Bonchev–Trinajstić information content (AvgIpc) is 2.25. The highest BCUT2D eigenvalue weighted by Crippen LogP contribution is 2.12. The zero-order chi connectivity index (χ0) is 13.7. The molecule has 0 radical (unpaired) electrons. The van der Waals surface area contributed by atoms with Gasteiger partial charge in [0.1, 0.15) is 5.82 Å². The highest BCUT2D eigenvalue weighted by Gasteiger charge is 2.19. The number of hydrogen-bond acceptors (Lipinski definition) is 1. The number of benzene rings is 1. The van der Waals surface area contributed by atoms with E-state index in [1.165, 1.54) is 12.1 Å². The summed E-state index contributed by atoms with van der Waals surface area (Å²) < 4.78 is 37.8. The summed E-state index contributed by atoms with van der Waals surface area (Å²) in [5.41, 5.74) is 0.611. The molecule has 1 rings (SSSR count). The normalized spacial score (nSPS) is 10.8. The van der Waals surface area contributed by atoms with Crippen LogP contribution in [0.25, 0.3) is 0 Å². The van der Waals surface area contributed by atoms with Gasteiger partial charge >= 0.3 is 0 Å². The molecule has 0 saturated carbocycles. The van der Waals surface area contributed by atoms with Gasteiger partial charge < -0.3 is 4.90 Å². The zero-order valence-corrected chi connectivity index (χ0v) is 10.6. The van der Waals surface area contributed by atoms with E-state index < -0.39 is 24.7 Å². The van der Waals surface area contributed by atoms with Crippen LogP contribution in [0.2, 0.25) is 0 Å². The van der Waals surface area contributed by atoms with Crippen LogP contribution in [0.3, 0.4) is 0 Å². The van der Waals surface area contributed by atoms with Gasteiger partial charge in [0.05, 0.1) is 6.54 Å². The molecule has 2 nitrogen and oxygen atoms in total. The van der Waals surface area contributed by atoms with Crippen LogP contribution in [0.4, 0.5) is 13.2 Å². The van der Waals surface area contributed by atoms with E-state index in [2.05, 4.69) is 0 Å². The van der Waals surface area contributed by atoms with Crippen LogP contribution in [-0.2, 0) is 0 Å². The maximum Gasteiger partial charge on any atom is 0.255 e. The zero-order valence-electron chi connectivity index (χ0n) is 9.80. The molecule has 1 aromatic rings. The van der Waals surface area contributed by atoms with Crippen molar-refractivity contribution in [3.8, 4) is 0 Å². The second-order valence-corrected chi connectivity index (χ2v) is 4.23. The van der Waals surface area contributed by atoms with Gasteiger partial charge in [0.2, 0.25) is 0 Å². The number of nitrogens with zero attached hydrogens (tertiary/aromatic N) is 1. The topological polar surface area (TPSA) is 20.3 Å². The molecule has 0 aliphatic heterocycles. The summed E-state index contributed by atoms with van der Waals surface area (Å²) in [6.07, 6.45) is -2.65. The second kappa shape index (κ2) is 6.64. The quantitative estimate of drug-likeness (QED) is 0.759. The van der Waals surface area contributed by atoms with Crippen molar-refractivity contribution >= 4 is 17.5 Å². The molecule has 0 bridgehead atoms. The van der Waals surface area contributed by atoms with Gasteiger partial charge in [-0.3, -0.25) is 4.79 Å². The second-order valence-electron chi connectivity index (χ2n) is 3.85. The van der Waals surface area contributed by atoms with Crippen LogP contribution in [0.1, 0.15) is 15.9 Å². The third-order valence-corrected chi connectivity index (χ3v) is 2.46. The third-order valence-electron chi connectivity index (χ3n) is 2.29.